The molecule has 0 saturated carbocycles. The van der Waals surface area contributed by atoms with E-state index >= 15 is 0 Å². The van der Waals surface area contributed by atoms with E-state index in [1.54, 1.807) is 17.2 Å². The highest BCUT2D eigenvalue weighted by Crippen LogP contribution is 2.26. The molecular formula is C17H17ClN4O2S. The lowest BCUT2D eigenvalue weighted by molar-refractivity contribution is 0.0733. The van der Waals surface area contributed by atoms with Gasteiger partial charge >= 0.3 is 0 Å². The fraction of sp³-hybridized carbons (Fsp3) is 0.294. The molecule has 25 heavy (non-hydrogen) atoms. The number of aromatic nitrogens is 3. The lowest BCUT2D eigenvalue weighted by Gasteiger charge is -2.19. The number of amides is 1. The van der Waals surface area contributed by atoms with E-state index in [-0.39, 0.29) is 12.5 Å². The molecule has 2 aromatic heterocycles. The Labute approximate surface area is 154 Å². The summed E-state index contributed by atoms with van der Waals surface area (Å²) >= 11 is 7.54. The summed E-state index contributed by atoms with van der Waals surface area (Å²) in [5.74, 6) is 0.640. The van der Waals surface area contributed by atoms with Gasteiger partial charge in [0.05, 0.1) is 28.3 Å². The summed E-state index contributed by atoms with van der Waals surface area (Å²) in [4.78, 5) is 19.1. The van der Waals surface area contributed by atoms with Gasteiger partial charge in [-0.2, -0.15) is 0 Å². The first-order chi connectivity index (χ1) is 12.1. The zero-order valence-corrected chi connectivity index (χ0v) is 15.5. The van der Waals surface area contributed by atoms with Crippen LogP contribution >= 0.6 is 22.9 Å². The van der Waals surface area contributed by atoms with E-state index in [2.05, 4.69) is 15.2 Å². The molecule has 0 aliphatic carbocycles. The first-order valence-corrected chi connectivity index (χ1v) is 9.07. The highest BCUT2D eigenvalue weighted by molar-refractivity contribution is 7.13. The maximum Gasteiger partial charge on any atom is 0.266 e. The molecule has 3 rings (SSSR count). The fourth-order valence-corrected chi connectivity index (χ4v) is 3.32. The molecule has 1 amide bonds. The van der Waals surface area contributed by atoms with Crippen LogP contribution in [0.25, 0.3) is 11.5 Å². The third-order valence-electron chi connectivity index (χ3n) is 3.51. The predicted molar refractivity (Wildman–Crippen MR) is 96.6 cm³/mol. The van der Waals surface area contributed by atoms with Gasteiger partial charge in [0, 0.05) is 6.54 Å². The average Bonchev–Trinajstić information content (AvgIpc) is 3.23. The molecule has 2 heterocycles. The molecular weight excluding hydrogens is 360 g/mol. The third-order valence-corrected chi connectivity index (χ3v) is 4.74. The number of benzene rings is 1. The second-order valence-electron chi connectivity index (χ2n) is 5.45. The monoisotopic (exact) mass is 376 g/mol. The number of rotatable bonds is 6. The highest BCUT2D eigenvalue weighted by atomic mass is 35.5. The molecule has 0 saturated heterocycles. The maximum absolute atomic E-state index is 12.7. The Morgan fingerprint density at radius 3 is 2.80 bits per heavy atom. The SMILES string of the molecule is CCCN(Cc1nnc(-c2ccccc2Cl)o1)C(=O)c1cnc(C)s1. The molecule has 0 radical (unpaired) electrons. The molecule has 130 valence electrons. The number of hydrogen-bond donors (Lipinski definition) is 0. The van der Waals surface area contributed by atoms with Crippen molar-refractivity contribution in [1.82, 2.24) is 20.1 Å². The van der Waals surface area contributed by atoms with E-state index in [4.69, 9.17) is 16.0 Å². The molecule has 0 aliphatic heterocycles. The molecule has 1 aromatic carbocycles. The zero-order chi connectivity index (χ0) is 17.8. The van der Waals surface area contributed by atoms with Crippen molar-refractivity contribution in [3.05, 3.63) is 51.3 Å². The van der Waals surface area contributed by atoms with Gasteiger partial charge in [-0.3, -0.25) is 4.79 Å². The second-order valence-corrected chi connectivity index (χ2v) is 7.09. The quantitative estimate of drug-likeness (QED) is 0.644. The van der Waals surface area contributed by atoms with Crippen molar-refractivity contribution in [1.29, 1.82) is 0 Å². The number of carbonyl (C=O) groups is 1. The van der Waals surface area contributed by atoms with Gasteiger partial charge < -0.3 is 9.32 Å². The summed E-state index contributed by atoms with van der Waals surface area (Å²) in [5, 5.41) is 9.50. The van der Waals surface area contributed by atoms with Crippen molar-refractivity contribution < 1.29 is 9.21 Å². The van der Waals surface area contributed by atoms with Crippen LogP contribution in [0.15, 0.2) is 34.9 Å². The van der Waals surface area contributed by atoms with Crippen molar-refractivity contribution in [3.63, 3.8) is 0 Å². The lowest BCUT2D eigenvalue weighted by Crippen LogP contribution is -2.30. The van der Waals surface area contributed by atoms with Crippen LogP contribution in [-0.4, -0.2) is 32.5 Å². The van der Waals surface area contributed by atoms with Gasteiger partial charge in [-0.15, -0.1) is 21.5 Å². The van der Waals surface area contributed by atoms with E-state index in [0.29, 0.717) is 33.8 Å². The van der Waals surface area contributed by atoms with Gasteiger partial charge in [-0.05, 0) is 25.5 Å². The van der Waals surface area contributed by atoms with E-state index < -0.39 is 0 Å². The Bertz CT molecular complexity index is 877. The number of thiazole rings is 1. The summed E-state index contributed by atoms with van der Waals surface area (Å²) in [6.45, 7) is 4.74. The van der Waals surface area contributed by atoms with Gasteiger partial charge in [0.2, 0.25) is 11.8 Å². The van der Waals surface area contributed by atoms with Crippen molar-refractivity contribution in [2.75, 3.05) is 6.54 Å². The van der Waals surface area contributed by atoms with Crippen molar-refractivity contribution >= 4 is 28.8 Å². The van der Waals surface area contributed by atoms with E-state index in [1.807, 2.05) is 32.0 Å². The molecule has 0 atom stereocenters. The topological polar surface area (TPSA) is 72.1 Å². The van der Waals surface area contributed by atoms with Crippen LogP contribution in [0.2, 0.25) is 5.02 Å². The van der Waals surface area contributed by atoms with Crippen molar-refractivity contribution in [3.8, 4) is 11.5 Å². The summed E-state index contributed by atoms with van der Waals surface area (Å²) in [6.07, 6.45) is 2.43. The van der Waals surface area contributed by atoms with E-state index in [1.165, 1.54) is 11.3 Å². The largest absolute Gasteiger partial charge is 0.419 e. The number of nitrogens with zero attached hydrogens (tertiary/aromatic N) is 4. The highest BCUT2D eigenvalue weighted by Gasteiger charge is 2.21. The van der Waals surface area contributed by atoms with Crippen LogP contribution in [0.3, 0.4) is 0 Å². The standard InChI is InChI=1S/C17H17ClN4O2S/c1-3-8-22(17(23)14-9-19-11(2)25-14)10-15-20-21-16(24-15)12-6-4-5-7-13(12)18/h4-7,9H,3,8,10H2,1-2H3. The Morgan fingerprint density at radius 1 is 1.32 bits per heavy atom. The minimum Gasteiger partial charge on any atom is -0.419 e. The molecule has 0 spiro atoms. The van der Waals surface area contributed by atoms with Crippen LogP contribution < -0.4 is 0 Å². The van der Waals surface area contributed by atoms with Gasteiger partial charge in [0.25, 0.3) is 5.91 Å². The molecule has 0 aliphatic rings. The first-order valence-electron chi connectivity index (χ1n) is 7.87. The first kappa shape index (κ1) is 17.6. The lowest BCUT2D eigenvalue weighted by atomic mass is 10.2. The molecule has 0 unspecified atom stereocenters. The summed E-state index contributed by atoms with van der Waals surface area (Å²) < 4.78 is 5.71. The van der Waals surface area contributed by atoms with Crippen LogP contribution in [0.5, 0.6) is 0 Å². The molecule has 3 aromatic rings. The summed E-state index contributed by atoms with van der Waals surface area (Å²) in [5.41, 5.74) is 0.675. The van der Waals surface area contributed by atoms with Gasteiger partial charge in [0.1, 0.15) is 4.88 Å². The van der Waals surface area contributed by atoms with Gasteiger partial charge in [-0.25, -0.2) is 4.98 Å². The normalized spacial score (nSPS) is 10.8. The smallest absolute Gasteiger partial charge is 0.266 e. The molecule has 6 nitrogen and oxygen atoms in total. The number of aryl methyl sites for hydroxylation is 1. The molecule has 8 heteroatoms. The van der Waals surface area contributed by atoms with Crippen LogP contribution in [0.4, 0.5) is 0 Å². The molecule has 0 N–H and O–H groups in total. The molecule has 0 fully saturated rings. The third kappa shape index (κ3) is 4.05. The zero-order valence-electron chi connectivity index (χ0n) is 13.9. The summed E-state index contributed by atoms with van der Waals surface area (Å²) in [6, 6.07) is 7.26. The van der Waals surface area contributed by atoms with Crippen LogP contribution in [0.1, 0.15) is 33.9 Å². The number of hydrogen-bond acceptors (Lipinski definition) is 6. The second kappa shape index (κ2) is 7.76. The fourth-order valence-electron chi connectivity index (χ4n) is 2.36. The van der Waals surface area contributed by atoms with E-state index in [0.717, 1.165) is 11.4 Å². The number of halogens is 1. The Kier molecular flexibility index (Phi) is 5.45. The Hall–Kier alpha value is -2.25. The van der Waals surface area contributed by atoms with Crippen molar-refractivity contribution in [2.24, 2.45) is 0 Å². The minimum atomic E-state index is -0.0788. The average molecular weight is 377 g/mol. The number of carbonyl (C=O) groups excluding carboxylic acids is 1. The maximum atomic E-state index is 12.7. The Morgan fingerprint density at radius 2 is 2.12 bits per heavy atom. The molecule has 0 bridgehead atoms. The van der Waals surface area contributed by atoms with Crippen LogP contribution in [0, 0.1) is 6.92 Å². The van der Waals surface area contributed by atoms with Crippen LogP contribution in [-0.2, 0) is 6.54 Å². The summed E-state index contributed by atoms with van der Waals surface area (Å²) in [7, 11) is 0. The van der Waals surface area contributed by atoms with Crippen molar-refractivity contribution in [2.45, 2.75) is 26.8 Å². The predicted octanol–water partition coefficient (Wildman–Crippen LogP) is 4.21. The van der Waals surface area contributed by atoms with Gasteiger partial charge in [0.15, 0.2) is 0 Å². The van der Waals surface area contributed by atoms with Gasteiger partial charge in [-0.1, -0.05) is 30.7 Å². The van der Waals surface area contributed by atoms with E-state index in [9.17, 15) is 4.79 Å². The minimum absolute atomic E-state index is 0.0788. The Balaban J connectivity index is 1.79.